The Morgan fingerprint density at radius 2 is 1.50 bits per heavy atom. The highest BCUT2D eigenvalue weighted by Crippen LogP contribution is 2.29. The Bertz CT molecular complexity index is 245. The summed E-state index contributed by atoms with van der Waals surface area (Å²) in [4.78, 5) is 22.9. The van der Waals surface area contributed by atoms with E-state index in [9.17, 15) is 14.7 Å². The number of hydrogen-bond acceptors (Lipinski definition) is 3. The summed E-state index contributed by atoms with van der Waals surface area (Å²) in [5.41, 5.74) is 0. The molecule has 0 aliphatic rings. The lowest BCUT2D eigenvalue weighted by molar-refractivity contribution is -0.161. The quantitative estimate of drug-likeness (QED) is 0.710. The minimum absolute atomic E-state index is 0.0393. The molecule has 0 heterocycles. The fraction of sp³-hybridized carbons (Fsp3) is 0.833. The van der Waals surface area contributed by atoms with Gasteiger partial charge in [-0.25, -0.2) is 0 Å². The summed E-state index contributed by atoms with van der Waals surface area (Å²) in [5, 5.41) is 9.17. The molecule has 0 saturated heterocycles. The Balaban J connectivity index is 5.00. The number of carboxylic acids is 1. The van der Waals surface area contributed by atoms with Crippen molar-refractivity contribution in [3.63, 3.8) is 0 Å². The third-order valence-corrected chi connectivity index (χ3v) is 2.67. The van der Waals surface area contributed by atoms with E-state index in [2.05, 4.69) is 0 Å². The van der Waals surface area contributed by atoms with Crippen LogP contribution in [0.2, 0.25) is 0 Å². The highest BCUT2D eigenvalue weighted by Gasteiger charge is 2.38. The lowest BCUT2D eigenvalue weighted by atomic mass is 9.77. The fourth-order valence-corrected chi connectivity index (χ4v) is 1.93. The van der Waals surface area contributed by atoms with Gasteiger partial charge in [0, 0.05) is 0 Å². The molecule has 94 valence electrons. The van der Waals surface area contributed by atoms with Gasteiger partial charge in [0.05, 0.1) is 18.4 Å². The predicted octanol–water partition coefficient (Wildman–Crippen LogP) is 2.18. The first kappa shape index (κ1) is 14.9. The van der Waals surface area contributed by atoms with E-state index in [4.69, 9.17) is 4.74 Å². The van der Waals surface area contributed by atoms with Gasteiger partial charge in [-0.15, -0.1) is 0 Å². The molecule has 4 nitrogen and oxygen atoms in total. The molecule has 4 heteroatoms. The second-order valence-electron chi connectivity index (χ2n) is 4.63. The summed E-state index contributed by atoms with van der Waals surface area (Å²) in [6.45, 7) is 9.33. The molecule has 0 radical (unpaired) electrons. The Hall–Kier alpha value is -1.06. The van der Waals surface area contributed by atoms with Crippen LogP contribution in [0.3, 0.4) is 0 Å². The van der Waals surface area contributed by atoms with E-state index in [1.54, 1.807) is 6.92 Å². The lowest BCUT2D eigenvalue weighted by Crippen LogP contribution is -2.37. The smallest absolute Gasteiger partial charge is 0.310 e. The number of ether oxygens (including phenoxy) is 1. The van der Waals surface area contributed by atoms with Crippen molar-refractivity contribution >= 4 is 11.9 Å². The van der Waals surface area contributed by atoms with Crippen LogP contribution in [-0.2, 0) is 14.3 Å². The van der Waals surface area contributed by atoms with Crippen molar-refractivity contribution in [1.82, 2.24) is 0 Å². The zero-order valence-electron chi connectivity index (χ0n) is 10.7. The number of esters is 1. The van der Waals surface area contributed by atoms with Crippen LogP contribution in [0.1, 0.15) is 34.6 Å². The van der Waals surface area contributed by atoms with Crippen molar-refractivity contribution in [3.8, 4) is 0 Å². The number of rotatable bonds is 6. The SMILES string of the molecule is CCOC(=O)[C@H](C(C)C)[C@@H](C(=O)O)C(C)C. The molecule has 0 saturated carbocycles. The average molecular weight is 230 g/mol. The molecule has 0 amide bonds. The molecule has 0 aromatic carbocycles. The Morgan fingerprint density at radius 3 is 1.75 bits per heavy atom. The minimum Gasteiger partial charge on any atom is -0.481 e. The van der Waals surface area contributed by atoms with E-state index in [0.29, 0.717) is 0 Å². The molecular formula is C12H22O4. The monoisotopic (exact) mass is 230 g/mol. The molecule has 1 N–H and O–H groups in total. The van der Waals surface area contributed by atoms with Crippen LogP contribution in [0.15, 0.2) is 0 Å². The first-order chi connectivity index (χ1) is 7.32. The molecule has 2 atom stereocenters. The molecule has 0 aliphatic heterocycles. The standard InChI is InChI=1S/C12H22O4/c1-6-16-12(15)10(8(4)5)9(7(2)3)11(13)14/h7-10H,6H2,1-5H3,(H,13,14)/t9-,10+/m0/s1. The van der Waals surface area contributed by atoms with Crippen LogP contribution in [0, 0.1) is 23.7 Å². The third-order valence-electron chi connectivity index (χ3n) is 2.67. The maximum absolute atomic E-state index is 11.7. The van der Waals surface area contributed by atoms with E-state index in [1.165, 1.54) is 0 Å². The predicted molar refractivity (Wildman–Crippen MR) is 60.9 cm³/mol. The van der Waals surface area contributed by atoms with Gasteiger partial charge < -0.3 is 9.84 Å². The molecule has 0 unspecified atom stereocenters. The van der Waals surface area contributed by atoms with Crippen molar-refractivity contribution < 1.29 is 19.4 Å². The molecule has 16 heavy (non-hydrogen) atoms. The normalized spacial score (nSPS) is 14.9. The molecular weight excluding hydrogens is 208 g/mol. The number of hydrogen-bond donors (Lipinski definition) is 1. The van der Waals surface area contributed by atoms with E-state index in [0.717, 1.165) is 0 Å². The van der Waals surface area contributed by atoms with Crippen LogP contribution in [-0.4, -0.2) is 23.7 Å². The van der Waals surface area contributed by atoms with Gasteiger partial charge in [0.15, 0.2) is 0 Å². The maximum atomic E-state index is 11.7. The lowest BCUT2D eigenvalue weighted by Gasteiger charge is -2.27. The molecule has 0 rings (SSSR count). The number of aliphatic carboxylic acids is 1. The summed E-state index contributed by atoms with van der Waals surface area (Å²) >= 11 is 0. The largest absolute Gasteiger partial charge is 0.481 e. The van der Waals surface area contributed by atoms with E-state index in [1.807, 2.05) is 27.7 Å². The summed E-state index contributed by atoms with van der Waals surface area (Å²) in [7, 11) is 0. The topological polar surface area (TPSA) is 63.6 Å². The first-order valence-electron chi connectivity index (χ1n) is 5.72. The maximum Gasteiger partial charge on any atom is 0.310 e. The Kier molecular flexibility index (Phi) is 6.08. The Morgan fingerprint density at radius 1 is 1.06 bits per heavy atom. The van der Waals surface area contributed by atoms with Crippen molar-refractivity contribution in [1.29, 1.82) is 0 Å². The summed E-state index contributed by atoms with van der Waals surface area (Å²) in [6.07, 6.45) is 0. The minimum atomic E-state index is -0.929. The summed E-state index contributed by atoms with van der Waals surface area (Å²) in [6, 6.07) is 0. The summed E-state index contributed by atoms with van der Waals surface area (Å²) in [5.74, 6) is -2.71. The molecule has 0 aromatic rings. The number of carbonyl (C=O) groups excluding carboxylic acids is 1. The molecule has 0 aromatic heterocycles. The highest BCUT2D eigenvalue weighted by molar-refractivity contribution is 5.81. The molecule has 0 fully saturated rings. The van der Waals surface area contributed by atoms with Crippen LogP contribution < -0.4 is 0 Å². The number of carbonyl (C=O) groups is 2. The van der Waals surface area contributed by atoms with Crippen LogP contribution in [0.5, 0.6) is 0 Å². The van der Waals surface area contributed by atoms with Crippen LogP contribution >= 0.6 is 0 Å². The van der Waals surface area contributed by atoms with E-state index >= 15 is 0 Å². The van der Waals surface area contributed by atoms with Crippen molar-refractivity contribution in [2.75, 3.05) is 6.61 Å². The van der Waals surface area contributed by atoms with Gasteiger partial charge >= 0.3 is 11.9 Å². The zero-order chi connectivity index (χ0) is 12.9. The van der Waals surface area contributed by atoms with E-state index in [-0.39, 0.29) is 18.4 Å². The van der Waals surface area contributed by atoms with Gasteiger partial charge in [-0.05, 0) is 18.8 Å². The van der Waals surface area contributed by atoms with Gasteiger partial charge in [-0.2, -0.15) is 0 Å². The molecule has 0 bridgehead atoms. The van der Waals surface area contributed by atoms with Gasteiger partial charge in [0.1, 0.15) is 0 Å². The van der Waals surface area contributed by atoms with Gasteiger partial charge in [-0.1, -0.05) is 27.7 Å². The zero-order valence-corrected chi connectivity index (χ0v) is 10.7. The molecule has 0 spiro atoms. The molecule has 0 aliphatic carbocycles. The highest BCUT2D eigenvalue weighted by atomic mass is 16.5. The fourth-order valence-electron chi connectivity index (χ4n) is 1.93. The van der Waals surface area contributed by atoms with Gasteiger partial charge in [-0.3, -0.25) is 9.59 Å². The van der Waals surface area contributed by atoms with Crippen molar-refractivity contribution in [2.24, 2.45) is 23.7 Å². The summed E-state index contributed by atoms with van der Waals surface area (Å²) < 4.78 is 4.94. The average Bonchev–Trinajstić information content (AvgIpc) is 2.11. The first-order valence-corrected chi connectivity index (χ1v) is 5.72. The Labute approximate surface area is 97.0 Å². The van der Waals surface area contributed by atoms with Crippen molar-refractivity contribution in [3.05, 3.63) is 0 Å². The van der Waals surface area contributed by atoms with Crippen LogP contribution in [0.25, 0.3) is 0 Å². The van der Waals surface area contributed by atoms with Crippen LogP contribution in [0.4, 0.5) is 0 Å². The van der Waals surface area contributed by atoms with Gasteiger partial charge in [0.2, 0.25) is 0 Å². The number of carboxylic acid groups (broad SMARTS) is 1. The van der Waals surface area contributed by atoms with E-state index < -0.39 is 23.8 Å². The van der Waals surface area contributed by atoms with Crippen molar-refractivity contribution in [2.45, 2.75) is 34.6 Å². The van der Waals surface area contributed by atoms with Gasteiger partial charge in [0.25, 0.3) is 0 Å². The third kappa shape index (κ3) is 3.83. The second kappa shape index (κ2) is 6.51. The second-order valence-corrected chi connectivity index (χ2v) is 4.63.